The van der Waals surface area contributed by atoms with Crippen LogP contribution in [0.2, 0.25) is 0 Å². The fourth-order valence-electron chi connectivity index (χ4n) is 2.19. The fraction of sp³-hybridized carbons (Fsp3) is 0.200. The van der Waals surface area contributed by atoms with Crippen LogP contribution in [0.3, 0.4) is 0 Å². The molecule has 0 aromatic heterocycles. The van der Waals surface area contributed by atoms with Crippen LogP contribution in [0.4, 0.5) is 13.2 Å². The molecular weight excluding hydrogens is 331 g/mol. The summed E-state index contributed by atoms with van der Waals surface area (Å²) in [5.41, 5.74) is 1.40. The van der Waals surface area contributed by atoms with Crippen molar-refractivity contribution in [3.8, 4) is 0 Å². The van der Waals surface area contributed by atoms with E-state index in [9.17, 15) is 13.2 Å². The molecule has 0 aliphatic rings. The summed E-state index contributed by atoms with van der Waals surface area (Å²) < 4.78 is 41.2. The minimum absolute atomic E-state index is 0.0593. The van der Waals surface area contributed by atoms with Gasteiger partial charge in [-0.2, -0.15) is 0 Å². The van der Waals surface area contributed by atoms with Crippen molar-refractivity contribution in [1.82, 2.24) is 5.32 Å². The van der Waals surface area contributed by atoms with Crippen molar-refractivity contribution in [2.75, 3.05) is 7.05 Å². The molecule has 0 amide bonds. The van der Waals surface area contributed by atoms with Crippen LogP contribution in [0.5, 0.6) is 0 Å². The van der Waals surface area contributed by atoms with E-state index in [1.165, 1.54) is 12.1 Å². The van der Waals surface area contributed by atoms with E-state index >= 15 is 0 Å². The monoisotopic (exact) mass is 343 g/mol. The SMILES string of the molecule is CNC(c1cc(C)cc(F)c1)c1cc(F)c(Br)cc1F. The largest absolute Gasteiger partial charge is 0.309 e. The summed E-state index contributed by atoms with van der Waals surface area (Å²) in [6, 6.07) is 6.00. The van der Waals surface area contributed by atoms with Crippen molar-refractivity contribution in [1.29, 1.82) is 0 Å². The summed E-state index contributed by atoms with van der Waals surface area (Å²) in [6.07, 6.45) is 0. The summed E-state index contributed by atoms with van der Waals surface area (Å²) in [5, 5.41) is 2.89. The van der Waals surface area contributed by atoms with Gasteiger partial charge < -0.3 is 5.32 Å². The highest BCUT2D eigenvalue weighted by Gasteiger charge is 2.19. The number of benzene rings is 2. The van der Waals surface area contributed by atoms with Gasteiger partial charge in [0.25, 0.3) is 0 Å². The van der Waals surface area contributed by atoms with Crippen LogP contribution in [0, 0.1) is 24.4 Å². The molecule has 0 heterocycles. The van der Waals surface area contributed by atoms with Crippen molar-refractivity contribution in [3.63, 3.8) is 0 Å². The Hall–Kier alpha value is -1.33. The lowest BCUT2D eigenvalue weighted by Gasteiger charge is -2.19. The zero-order valence-corrected chi connectivity index (χ0v) is 12.6. The first-order valence-electron chi connectivity index (χ1n) is 6.01. The average Bonchev–Trinajstić information content (AvgIpc) is 2.35. The summed E-state index contributed by atoms with van der Waals surface area (Å²) >= 11 is 2.94. The van der Waals surface area contributed by atoms with Gasteiger partial charge in [-0.1, -0.05) is 6.07 Å². The second-order valence-corrected chi connectivity index (χ2v) is 5.43. The zero-order chi connectivity index (χ0) is 14.9. The van der Waals surface area contributed by atoms with E-state index in [-0.39, 0.29) is 10.0 Å². The van der Waals surface area contributed by atoms with Gasteiger partial charge >= 0.3 is 0 Å². The molecule has 0 saturated carbocycles. The van der Waals surface area contributed by atoms with Gasteiger partial charge in [0.15, 0.2) is 0 Å². The lowest BCUT2D eigenvalue weighted by Crippen LogP contribution is -2.19. The van der Waals surface area contributed by atoms with Gasteiger partial charge in [0.05, 0.1) is 10.5 Å². The molecule has 1 nitrogen and oxygen atoms in total. The smallest absolute Gasteiger partial charge is 0.137 e. The average molecular weight is 344 g/mol. The van der Waals surface area contributed by atoms with Gasteiger partial charge in [0.2, 0.25) is 0 Å². The lowest BCUT2D eigenvalue weighted by atomic mass is 9.96. The number of halogens is 4. The third-order valence-corrected chi connectivity index (χ3v) is 3.64. The Morgan fingerprint density at radius 3 is 2.30 bits per heavy atom. The van der Waals surface area contributed by atoms with Crippen molar-refractivity contribution in [3.05, 3.63) is 68.9 Å². The molecule has 1 atom stereocenters. The minimum atomic E-state index is -0.619. The number of rotatable bonds is 3. The molecule has 2 aromatic carbocycles. The fourth-order valence-corrected chi connectivity index (χ4v) is 2.51. The maximum Gasteiger partial charge on any atom is 0.137 e. The quantitative estimate of drug-likeness (QED) is 0.810. The molecule has 0 aliphatic carbocycles. The Kier molecular flexibility index (Phi) is 4.50. The van der Waals surface area contributed by atoms with E-state index in [2.05, 4.69) is 21.2 Å². The van der Waals surface area contributed by atoms with Gasteiger partial charge in [-0.15, -0.1) is 0 Å². The molecule has 1 N–H and O–H groups in total. The molecule has 20 heavy (non-hydrogen) atoms. The van der Waals surface area contributed by atoms with Crippen LogP contribution >= 0.6 is 15.9 Å². The van der Waals surface area contributed by atoms with Crippen LogP contribution < -0.4 is 5.32 Å². The Morgan fingerprint density at radius 2 is 1.70 bits per heavy atom. The van der Waals surface area contributed by atoms with Gasteiger partial charge in [0.1, 0.15) is 17.5 Å². The van der Waals surface area contributed by atoms with E-state index in [0.29, 0.717) is 5.56 Å². The Bertz CT molecular complexity index is 623. The third kappa shape index (κ3) is 3.04. The summed E-state index contributed by atoms with van der Waals surface area (Å²) in [7, 11) is 1.62. The summed E-state index contributed by atoms with van der Waals surface area (Å²) in [5.74, 6) is -1.52. The van der Waals surface area contributed by atoms with Gasteiger partial charge in [-0.25, -0.2) is 13.2 Å². The minimum Gasteiger partial charge on any atom is -0.309 e. The van der Waals surface area contributed by atoms with E-state index in [4.69, 9.17) is 0 Å². The third-order valence-electron chi connectivity index (χ3n) is 3.04. The molecule has 0 aliphatic heterocycles. The predicted octanol–water partition coefficient (Wildman–Crippen LogP) is 4.48. The van der Waals surface area contributed by atoms with Crippen LogP contribution in [0.1, 0.15) is 22.7 Å². The van der Waals surface area contributed by atoms with Crippen molar-refractivity contribution in [2.24, 2.45) is 0 Å². The Morgan fingerprint density at radius 1 is 1.00 bits per heavy atom. The molecule has 2 aromatic rings. The molecule has 1 unspecified atom stereocenters. The first kappa shape index (κ1) is 15.1. The van der Waals surface area contributed by atoms with Gasteiger partial charge in [0, 0.05) is 5.56 Å². The second-order valence-electron chi connectivity index (χ2n) is 4.57. The number of hydrogen-bond donors (Lipinski definition) is 1. The molecule has 0 radical (unpaired) electrons. The first-order valence-corrected chi connectivity index (χ1v) is 6.80. The molecule has 0 saturated heterocycles. The Balaban J connectivity index is 2.55. The van der Waals surface area contributed by atoms with Gasteiger partial charge in [-0.3, -0.25) is 0 Å². The highest BCUT2D eigenvalue weighted by atomic mass is 79.9. The summed E-state index contributed by atoms with van der Waals surface area (Å²) in [6.45, 7) is 1.75. The van der Waals surface area contributed by atoms with E-state index in [0.717, 1.165) is 17.7 Å². The van der Waals surface area contributed by atoms with Crippen molar-refractivity contribution < 1.29 is 13.2 Å². The molecule has 106 valence electrons. The zero-order valence-electron chi connectivity index (χ0n) is 11.0. The maximum atomic E-state index is 14.0. The predicted molar refractivity (Wildman–Crippen MR) is 76.1 cm³/mol. The summed E-state index contributed by atoms with van der Waals surface area (Å²) in [4.78, 5) is 0. The maximum absolute atomic E-state index is 14.0. The van der Waals surface area contributed by atoms with Crippen LogP contribution in [0.15, 0.2) is 34.8 Å². The highest BCUT2D eigenvalue weighted by molar-refractivity contribution is 9.10. The molecule has 5 heteroatoms. The van der Waals surface area contributed by atoms with E-state index in [1.54, 1.807) is 20.0 Å². The van der Waals surface area contributed by atoms with E-state index in [1.807, 2.05) is 0 Å². The van der Waals surface area contributed by atoms with Crippen LogP contribution in [-0.2, 0) is 0 Å². The molecule has 0 fully saturated rings. The normalized spacial score (nSPS) is 12.5. The molecule has 2 rings (SSSR count). The number of hydrogen-bond acceptors (Lipinski definition) is 1. The Labute approximate surface area is 123 Å². The molecule has 0 bridgehead atoms. The number of aryl methyl sites for hydroxylation is 1. The first-order chi connectivity index (χ1) is 9.42. The van der Waals surface area contributed by atoms with Gasteiger partial charge in [-0.05, 0) is 65.3 Å². The molecular formula is C15H13BrF3N. The molecule has 0 spiro atoms. The lowest BCUT2D eigenvalue weighted by molar-refractivity contribution is 0.552. The highest BCUT2D eigenvalue weighted by Crippen LogP contribution is 2.29. The van der Waals surface area contributed by atoms with Crippen LogP contribution in [-0.4, -0.2) is 7.05 Å². The topological polar surface area (TPSA) is 12.0 Å². The van der Waals surface area contributed by atoms with E-state index < -0.39 is 23.5 Å². The standard InChI is InChI=1S/C15H13BrF3N/c1-8-3-9(5-10(17)4-8)15(20-2)11-6-14(19)12(16)7-13(11)18/h3-7,15,20H,1-2H3. The van der Waals surface area contributed by atoms with Crippen LogP contribution in [0.25, 0.3) is 0 Å². The van der Waals surface area contributed by atoms with Crippen molar-refractivity contribution in [2.45, 2.75) is 13.0 Å². The number of nitrogens with one attached hydrogen (secondary N) is 1. The van der Waals surface area contributed by atoms with Crippen molar-refractivity contribution >= 4 is 15.9 Å². The second kappa shape index (κ2) is 5.97.